The number of fused-ring (bicyclic) bond motifs is 1. The molecule has 2 N–H and O–H groups in total. The molecule has 1 aliphatic rings. The Morgan fingerprint density at radius 3 is 2.56 bits per heavy atom. The number of hydrogen-bond donors (Lipinski definition) is 2. The van der Waals surface area contributed by atoms with Crippen molar-refractivity contribution >= 4 is 33.2 Å². The zero-order valence-electron chi connectivity index (χ0n) is 18.1. The molecular weight excluding hydrogens is 457 g/mol. The second kappa shape index (κ2) is 8.86. The number of anilines is 2. The van der Waals surface area contributed by atoms with Crippen molar-refractivity contribution in [3.63, 3.8) is 0 Å². The minimum absolute atomic E-state index is 0.0521. The van der Waals surface area contributed by atoms with Gasteiger partial charge in [0.1, 0.15) is 5.82 Å². The smallest absolute Gasteiger partial charge is 0.249 e. The van der Waals surface area contributed by atoms with E-state index in [2.05, 4.69) is 20.1 Å². The van der Waals surface area contributed by atoms with Gasteiger partial charge in [-0.15, -0.1) is 5.10 Å². The van der Waals surface area contributed by atoms with Crippen LogP contribution in [0.3, 0.4) is 0 Å². The van der Waals surface area contributed by atoms with Crippen LogP contribution in [0.1, 0.15) is 18.4 Å². The van der Waals surface area contributed by atoms with Crippen LogP contribution in [0.2, 0.25) is 0 Å². The zero-order chi connectivity index (χ0) is 23.7. The van der Waals surface area contributed by atoms with Crippen molar-refractivity contribution in [3.05, 3.63) is 78.1 Å². The number of rotatable bonds is 8. The maximum absolute atomic E-state index is 13.3. The van der Waals surface area contributed by atoms with E-state index in [4.69, 9.17) is 0 Å². The average Bonchev–Trinajstić information content (AvgIpc) is 3.58. The molecule has 8 nitrogen and oxygen atoms in total. The van der Waals surface area contributed by atoms with E-state index in [-0.39, 0.29) is 29.9 Å². The lowest BCUT2D eigenvalue weighted by atomic mass is 10.1. The first-order valence-corrected chi connectivity index (χ1v) is 12.5. The average molecular weight is 480 g/mol. The SMILES string of the molecule is O=C(Nc1nc2cccc(-c3ccc(NS(=O)(=O)CCc4cccc(F)c4)cc3)n2n1)C1CC1. The summed E-state index contributed by atoms with van der Waals surface area (Å²) in [6.45, 7) is 0. The van der Waals surface area contributed by atoms with Gasteiger partial charge in [0.2, 0.25) is 21.9 Å². The highest BCUT2D eigenvalue weighted by Crippen LogP contribution is 2.30. The van der Waals surface area contributed by atoms with Crippen LogP contribution >= 0.6 is 0 Å². The Morgan fingerprint density at radius 1 is 1.06 bits per heavy atom. The van der Waals surface area contributed by atoms with Gasteiger partial charge in [0.25, 0.3) is 0 Å². The molecule has 0 radical (unpaired) electrons. The van der Waals surface area contributed by atoms with Gasteiger partial charge in [-0.25, -0.2) is 17.3 Å². The molecule has 2 heterocycles. The monoisotopic (exact) mass is 479 g/mol. The third-order valence-corrected chi connectivity index (χ3v) is 6.83. The van der Waals surface area contributed by atoms with Crippen molar-refractivity contribution in [1.29, 1.82) is 0 Å². The van der Waals surface area contributed by atoms with Crippen LogP contribution in [-0.4, -0.2) is 34.7 Å². The molecule has 0 aliphatic heterocycles. The largest absolute Gasteiger partial charge is 0.293 e. The van der Waals surface area contributed by atoms with Crippen molar-refractivity contribution in [2.45, 2.75) is 19.3 Å². The summed E-state index contributed by atoms with van der Waals surface area (Å²) in [5.41, 5.74) is 3.18. The highest BCUT2D eigenvalue weighted by atomic mass is 32.2. The maximum atomic E-state index is 13.3. The van der Waals surface area contributed by atoms with E-state index in [1.54, 1.807) is 47.0 Å². The highest BCUT2D eigenvalue weighted by Gasteiger charge is 2.30. The molecule has 1 aliphatic carbocycles. The summed E-state index contributed by atoms with van der Waals surface area (Å²) in [5.74, 6) is -0.306. The van der Waals surface area contributed by atoms with Gasteiger partial charge in [-0.05, 0) is 61.2 Å². The molecule has 1 fully saturated rings. The van der Waals surface area contributed by atoms with Gasteiger partial charge >= 0.3 is 0 Å². The molecular formula is C24H22FN5O3S. The Morgan fingerprint density at radius 2 is 1.82 bits per heavy atom. The second-order valence-electron chi connectivity index (χ2n) is 8.26. The number of hydrogen-bond acceptors (Lipinski definition) is 5. The number of sulfonamides is 1. The summed E-state index contributed by atoms with van der Waals surface area (Å²) in [5, 5.41) is 7.17. The van der Waals surface area contributed by atoms with E-state index < -0.39 is 15.8 Å². The molecule has 1 saturated carbocycles. The standard InChI is InChI=1S/C24H22FN5O3S/c25-19-4-1-3-16(15-19)13-14-34(32,33)29-20-11-9-17(10-12-20)21-5-2-6-22-26-24(28-30(21)22)27-23(31)18-7-8-18/h1-6,9-12,15,18,29H,7-8,13-14H2,(H,27,28,31). The van der Waals surface area contributed by atoms with Crippen molar-refractivity contribution in [3.8, 4) is 11.3 Å². The van der Waals surface area contributed by atoms with E-state index in [1.807, 2.05) is 12.1 Å². The Labute approximate surface area is 195 Å². The molecule has 0 spiro atoms. The zero-order valence-corrected chi connectivity index (χ0v) is 18.9. The molecule has 1 amide bonds. The fraction of sp³-hybridized carbons (Fsp3) is 0.208. The van der Waals surface area contributed by atoms with Gasteiger partial charge < -0.3 is 0 Å². The number of amides is 1. The Kier molecular flexibility index (Phi) is 5.74. The predicted molar refractivity (Wildman–Crippen MR) is 127 cm³/mol. The van der Waals surface area contributed by atoms with Crippen molar-refractivity contribution in [2.24, 2.45) is 5.92 Å². The van der Waals surface area contributed by atoms with E-state index in [9.17, 15) is 17.6 Å². The summed E-state index contributed by atoms with van der Waals surface area (Å²) < 4.78 is 42.4. The molecule has 5 rings (SSSR count). The first-order valence-electron chi connectivity index (χ1n) is 10.9. The molecule has 174 valence electrons. The maximum Gasteiger partial charge on any atom is 0.249 e. The molecule has 0 atom stereocenters. The molecule has 34 heavy (non-hydrogen) atoms. The summed E-state index contributed by atoms with van der Waals surface area (Å²) in [6, 6.07) is 18.3. The van der Waals surface area contributed by atoms with Crippen LogP contribution in [-0.2, 0) is 21.2 Å². The van der Waals surface area contributed by atoms with Crippen LogP contribution in [0.25, 0.3) is 16.9 Å². The molecule has 0 saturated heterocycles. The first kappa shape index (κ1) is 22.0. The van der Waals surface area contributed by atoms with Gasteiger partial charge in [0.05, 0.1) is 11.4 Å². The van der Waals surface area contributed by atoms with E-state index in [0.717, 1.165) is 24.1 Å². The molecule has 0 bridgehead atoms. The summed E-state index contributed by atoms with van der Waals surface area (Å²) >= 11 is 0. The number of aryl methyl sites for hydroxylation is 1. The molecule has 2 aromatic carbocycles. The number of halogens is 1. The topological polar surface area (TPSA) is 105 Å². The number of pyridine rings is 1. The quantitative estimate of drug-likeness (QED) is 0.399. The lowest BCUT2D eigenvalue weighted by molar-refractivity contribution is -0.117. The lowest BCUT2D eigenvalue weighted by Gasteiger charge is -2.10. The normalized spacial score (nSPS) is 13.7. The number of aromatic nitrogens is 3. The number of nitrogens with zero attached hydrogens (tertiary/aromatic N) is 3. The number of carbonyl (C=O) groups is 1. The fourth-order valence-electron chi connectivity index (χ4n) is 3.62. The van der Waals surface area contributed by atoms with E-state index in [0.29, 0.717) is 16.9 Å². The van der Waals surface area contributed by atoms with Crippen LogP contribution < -0.4 is 10.0 Å². The van der Waals surface area contributed by atoms with Crippen molar-refractivity contribution in [2.75, 3.05) is 15.8 Å². The van der Waals surface area contributed by atoms with E-state index >= 15 is 0 Å². The lowest BCUT2D eigenvalue weighted by Crippen LogP contribution is -2.18. The second-order valence-corrected chi connectivity index (χ2v) is 10.1. The highest BCUT2D eigenvalue weighted by molar-refractivity contribution is 7.92. The molecule has 10 heteroatoms. The summed E-state index contributed by atoms with van der Waals surface area (Å²) in [7, 11) is -3.61. The number of nitrogens with one attached hydrogen (secondary N) is 2. The van der Waals surface area contributed by atoms with Gasteiger partial charge in [0, 0.05) is 17.2 Å². The molecule has 0 unspecified atom stereocenters. The Hall–Kier alpha value is -3.79. The van der Waals surface area contributed by atoms with Crippen LogP contribution in [0.4, 0.5) is 16.0 Å². The minimum atomic E-state index is -3.61. The molecule has 2 aromatic heterocycles. The molecule has 4 aromatic rings. The van der Waals surface area contributed by atoms with Crippen LogP contribution in [0, 0.1) is 11.7 Å². The van der Waals surface area contributed by atoms with Gasteiger partial charge in [0.15, 0.2) is 5.65 Å². The van der Waals surface area contributed by atoms with Gasteiger partial charge in [-0.1, -0.05) is 30.3 Å². The summed E-state index contributed by atoms with van der Waals surface area (Å²) in [4.78, 5) is 16.4. The van der Waals surface area contributed by atoms with Crippen molar-refractivity contribution in [1.82, 2.24) is 14.6 Å². The van der Waals surface area contributed by atoms with Crippen molar-refractivity contribution < 1.29 is 17.6 Å². The Bertz CT molecular complexity index is 1460. The summed E-state index contributed by atoms with van der Waals surface area (Å²) in [6.07, 6.45) is 2.00. The van der Waals surface area contributed by atoms with Crippen LogP contribution in [0.15, 0.2) is 66.7 Å². The predicted octanol–water partition coefficient (Wildman–Crippen LogP) is 3.87. The van der Waals surface area contributed by atoms with E-state index in [1.165, 1.54) is 12.1 Å². The third kappa shape index (κ3) is 5.07. The van der Waals surface area contributed by atoms with Gasteiger partial charge in [-0.2, -0.15) is 4.98 Å². The number of benzene rings is 2. The van der Waals surface area contributed by atoms with Gasteiger partial charge in [-0.3, -0.25) is 14.8 Å². The number of carbonyl (C=O) groups excluding carboxylic acids is 1. The minimum Gasteiger partial charge on any atom is -0.293 e. The Balaban J connectivity index is 1.29. The third-order valence-electron chi connectivity index (χ3n) is 5.55. The first-order chi connectivity index (χ1) is 16.4. The fourth-order valence-corrected chi connectivity index (χ4v) is 4.72. The van der Waals surface area contributed by atoms with Crippen LogP contribution in [0.5, 0.6) is 0 Å².